The molecule has 0 bridgehead atoms. The molecule has 0 aromatic heterocycles. The first-order valence-electron chi connectivity index (χ1n) is 9.93. The first-order chi connectivity index (χ1) is 12.3. The summed E-state index contributed by atoms with van der Waals surface area (Å²) >= 11 is 0. The second-order valence-electron chi connectivity index (χ2n) is 7.82. The van der Waals surface area contributed by atoms with Gasteiger partial charge < -0.3 is 14.2 Å². The molecule has 3 aliphatic rings. The van der Waals surface area contributed by atoms with Crippen LogP contribution < -0.4 is 4.74 Å². The smallest absolute Gasteiger partial charge is 0.118 e. The Morgan fingerprint density at radius 2 is 1.88 bits per heavy atom. The molecule has 4 heteroatoms. The molecule has 4 nitrogen and oxygen atoms in total. The number of rotatable bonds is 6. The summed E-state index contributed by atoms with van der Waals surface area (Å²) in [6.45, 7) is 3.77. The van der Waals surface area contributed by atoms with Crippen molar-refractivity contribution >= 4 is 0 Å². The van der Waals surface area contributed by atoms with E-state index in [1.165, 1.54) is 37.7 Å². The Morgan fingerprint density at radius 1 is 1.08 bits per heavy atom. The van der Waals surface area contributed by atoms with Crippen LogP contribution in [0.4, 0.5) is 0 Å². The standard InChI is InChI=1S/C21H31NO3/c1-23-18-8-6-16(7-9-18)14-22-12-13-24-21-19(22)10-11-20(21)25-15-17-4-2-3-5-17/h6-9,17,19-21H,2-5,10-15H2,1H3/t19-,20+,21+/m0/s1. The normalized spacial score (nSPS) is 30.5. The average molecular weight is 345 g/mol. The minimum absolute atomic E-state index is 0.258. The highest BCUT2D eigenvalue weighted by Gasteiger charge is 2.43. The lowest BCUT2D eigenvalue weighted by Gasteiger charge is -2.39. The lowest BCUT2D eigenvalue weighted by molar-refractivity contribution is -0.119. The molecule has 0 radical (unpaired) electrons. The molecule has 138 valence electrons. The van der Waals surface area contributed by atoms with Gasteiger partial charge in [-0.05, 0) is 49.3 Å². The zero-order chi connectivity index (χ0) is 17.1. The van der Waals surface area contributed by atoms with Crippen molar-refractivity contribution < 1.29 is 14.2 Å². The molecular weight excluding hydrogens is 314 g/mol. The zero-order valence-corrected chi connectivity index (χ0v) is 15.4. The lowest BCUT2D eigenvalue weighted by atomic mass is 10.1. The van der Waals surface area contributed by atoms with Crippen LogP contribution in [0.25, 0.3) is 0 Å². The van der Waals surface area contributed by atoms with E-state index < -0.39 is 0 Å². The van der Waals surface area contributed by atoms with Crippen LogP contribution in [0.2, 0.25) is 0 Å². The van der Waals surface area contributed by atoms with Gasteiger partial charge in [-0.1, -0.05) is 25.0 Å². The van der Waals surface area contributed by atoms with E-state index in [0.29, 0.717) is 12.1 Å². The fraction of sp³-hybridized carbons (Fsp3) is 0.714. The summed E-state index contributed by atoms with van der Waals surface area (Å²) in [6, 6.07) is 8.95. The van der Waals surface area contributed by atoms with Crippen LogP contribution in [0.5, 0.6) is 5.75 Å². The molecule has 1 aromatic carbocycles. The van der Waals surface area contributed by atoms with Crippen LogP contribution in [0.1, 0.15) is 44.1 Å². The summed E-state index contributed by atoms with van der Waals surface area (Å²) in [6.07, 6.45) is 8.36. The van der Waals surface area contributed by atoms with Gasteiger partial charge in [-0.15, -0.1) is 0 Å². The van der Waals surface area contributed by atoms with Gasteiger partial charge >= 0.3 is 0 Å². The molecule has 1 aliphatic heterocycles. The van der Waals surface area contributed by atoms with Gasteiger partial charge in [0.1, 0.15) is 5.75 Å². The summed E-state index contributed by atoms with van der Waals surface area (Å²) in [4.78, 5) is 2.59. The van der Waals surface area contributed by atoms with Gasteiger partial charge in [0.05, 0.1) is 25.9 Å². The van der Waals surface area contributed by atoms with Crippen molar-refractivity contribution in [3.8, 4) is 5.75 Å². The number of methoxy groups -OCH3 is 1. The van der Waals surface area contributed by atoms with Gasteiger partial charge in [-0.25, -0.2) is 0 Å². The summed E-state index contributed by atoms with van der Waals surface area (Å²) in [5.41, 5.74) is 1.34. The number of hydrogen-bond acceptors (Lipinski definition) is 4. The van der Waals surface area contributed by atoms with Crippen molar-refractivity contribution in [3.63, 3.8) is 0 Å². The Hall–Kier alpha value is -1.10. The van der Waals surface area contributed by atoms with Crippen LogP contribution in [-0.2, 0) is 16.0 Å². The third kappa shape index (κ3) is 4.02. The number of morpholine rings is 1. The Balaban J connectivity index is 1.33. The van der Waals surface area contributed by atoms with Gasteiger partial charge in [0.15, 0.2) is 0 Å². The maximum absolute atomic E-state index is 6.32. The fourth-order valence-electron chi connectivity index (χ4n) is 4.77. The maximum atomic E-state index is 6.32. The zero-order valence-electron chi connectivity index (χ0n) is 15.4. The van der Waals surface area contributed by atoms with Gasteiger partial charge in [0, 0.05) is 25.7 Å². The van der Waals surface area contributed by atoms with Gasteiger partial charge in [-0.2, -0.15) is 0 Å². The molecule has 4 rings (SSSR count). The quantitative estimate of drug-likeness (QED) is 0.788. The predicted octanol–water partition coefficient (Wildman–Crippen LogP) is 3.63. The Labute approximate surface area is 151 Å². The maximum Gasteiger partial charge on any atom is 0.118 e. The topological polar surface area (TPSA) is 30.9 Å². The number of ether oxygens (including phenoxy) is 3. The third-order valence-electron chi connectivity index (χ3n) is 6.22. The summed E-state index contributed by atoms with van der Waals surface area (Å²) in [7, 11) is 1.71. The number of nitrogens with zero attached hydrogens (tertiary/aromatic N) is 1. The molecule has 1 heterocycles. The molecule has 0 amide bonds. The van der Waals surface area contributed by atoms with E-state index in [-0.39, 0.29) is 6.10 Å². The van der Waals surface area contributed by atoms with E-state index in [9.17, 15) is 0 Å². The highest BCUT2D eigenvalue weighted by molar-refractivity contribution is 5.27. The molecule has 0 unspecified atom stereocenters. The second-order valence-corrected chi connectivity index (χ2v) is 7.82. The van der Waals surface area contributed by atoms with Crippen molar-refractivity contribution in [2.45, 2.75) is 63.3 Å². The first-order valence-corrected chi connectivity index (χ1v) is 9.93. The summed E-state index contributed by atoms with van der Waals surface area (Å²) in [5, 5.41) is 0. The molecule has 2 saturated carbocycles. The number of benzene rings is 1. The molecule has 3 fully saturated rings. The van der Waals surface area contributed by atoms with Crippen LogP contribution in [-0.4, -0.2) is 50.0 Å². The van der Waals surface area contributed by atoms with Crippen LogP contribution >= 0.6 is 0 Å². The van der Waals surface area contributed by atoms with E-state index in [4.69, 9.17) is 14.2 Å². The molecule has 3 atom stereocenters. The van der Waals surface area contributed by atoms with E-state index >= 15 is 0 Å². The largest absolute Gasteiger partial charge is 0.497 e. The molecule has 1 aromatic rings. The van der Waals surface area contributed by atoms with Crippen molar-refractivity contribution in [2.75, 3.05) is 26.9 Å². The molecular formula is C21H31NO3. The Morgan fingerprint density at radius 3 is 2.64 bits per heavy atom. The van der Waals surface area contributed by atoms with Gasteiger partial charge in [0.25, 0.3) is 0 Å². The summed E-state index contributed by atoms with van der Waals surface area (Å²) in [5.74, 6) is 1.71. The minimum atomic E-state index is 0.258. The summed E-state index contributed by atoms with van der Waals surface area (Å²) < 4.78 is 17.7. The Bertz CT molecular complexity index is 541. The number of hydrogen-bond donors (Lipinski definition) is 0. The SMILES string of the molecule is COc1ccc(CN2CCO[C@H]3[C@H](OCC4CCCC4)CC[C@@H]32)cc1. The molecule has 25 heavy (non-hydrogen) atoms. The van der Waals surface area contributed by atoms with Crippen molar-refractivity contribution in [1.29, 1.82) is 0 Å². The molecule has 1 saturated heterocycles. The molecule has 0 N–H and O–H groups in total. The highest BCUT2D eigenvalue weighted by atomic mass is 16.5. The number of fused-ring (bicyclic) bond motifs is 1. The molecule has 0 spiro atoms. The van der Waals surface area contributed by atoms with E-state index in [0.717, 1.165) is 44.4 Å². The van der Waals surface area contributed by atoms with Gasteiger partial charge in [-0.3, -0.25) is 4.90 Å². The van der Waals surface area contributed by atoms with E-state index in [2.05, 4.69) is 29.2 Å². The highest BCUT2D eigenvalue weighted by Crippen LogP contribution is 2.34. The van der Waals surface area contributed by atoms with E-state index in [1.54, 1.807) is 7.11 Å². The monoisotopic (exact) mass is 345 g/mol. The van der Waals surface area contributed by atoms with Crippen molar-refractivity contribution in [2.24, 2.45) is 5.92 Å². The first kappa shape index (κ1) is 17.3. The van der Waals surface area contributed by atoms with Crippen molar-refractivity contribution in [3.05, 3.63) is 29.8 Å². The fourth-order valence-corrected chi connectivity index (χ4v) is 4.77. The second kappa shape index (κ2) is 8.07. The predicted molar refractivity (Wildman–Crippen MR) is 97.9 cm³/mol. The Kier molecular flexibility index (Phi) is 5.59. The lowest BCUT2D eigenvalue weighted by Crippen LogP contribution is -2.51. The van der Waals surface area contributed by atoms with Crippen LogP contribution in [0.3, 0.4) is 0 Å². The third-order valence-corrected chi connectivity index (χ3v) is 6.22. The molecule has 2 aliphatic carbocycles. The minimum Gasteiger partial charge on any atom is -0.497 e. The van der Waals surface area contributed by atoms with Gasteiger partial charge in [0.2, 0.25) is 0 Å². The average Bonchev–Trinajstić information content (AvgIpc) is 3.31. The van der Waals surface area contributed by atoms with Crippen LogP contribution in [0.15, 0.2) is 24.3 Å². The van der Waals surface area contributed by atoms with Crippen LogP contribution in [0, 0.1) is 5.92 Å². The van der Waals surface area contributed by atoms with Crippen molar-refractivity contribution in [1.82, 2.24) is 4.90 Å². The van der Waals surface area contributed by atoms with E-state index in [1.807, 2.05) is 0 Å².